The van der Waals surface area contributed by atoms with Crippen LogP contribution in [-0.4, -0.2) is 9.97 Å². The van der Waals surface area contributed by atoms with Gasteiger partial charge in [0.1, 0.15) is 5.82 Å². The molecule has 4 rings (SSSR count). The van der Waals surface area contributed by atoms with Crippen molar-refractivity contribution in [1.82, 2.24) is 9.97 Å². The lowest BCUT2D eigenvalue weighted by Gasteiger charge is -2.06. The summed E-state index contributed by atoms with van der Waals surface area (Å²) in [6, 6.07) is 21.6. The number of aromatic amines is 1. The van der Waals surface area contributed by atoms with Gasteiger partial charge >= 0.3 is 0 Å². The van der Waals surface area contributed by atoms with Crippen molar-refractivity contribution in [3.63, 3.8) is 0 Å². The maximum absolute atomic E-state index is 6.21. The molecule has 4 aromatic rings. The normalized spacial score (nSPS) is 11.1. The van der Waals surface area contributed by atoms with Gasteiger partial charge in [-0.15, -0.1) is 0 Å². The second-order valence-corrected chi connectivity index (χ2v) is 8.75. The molecule has 0 fully saturated rings. The summed E-state index contributed by atoms with van der Waals surface area (Å²) < 4.78 is 0. The van der Waals surface area contributed by atoms with Crippen molar-refractivity contribution in [1.29, 1.82) is 0 Å². The Hall–Kier alpha value is -1.97. The Balaban J connectivity index is 1.66. The van der Waals surface area contributed by atoms with Gasteiger partial charge in [-0.1, -0.05) is 88.9 Å². The number of hydrogen-bond donors (Lipinski definition) is 1. The number of benzene rings is 3. The van der Waals surface area contributed by atoms with Gasteiger partial charge in [0.2, 0.25) is 0 Å². The maximum atomic E-state index is 6.21. The van der Waals surface area contributed by atoms with Gasteiger partial charge in [-0.3, -0.25) is 0 Å². The number of H-pyrrole nitrogens is 1. The van der Waals surface area contributed by atoms with E-state index in [0.717, 1.165) is 34.8 Å². The van der Waals surface area contributed by atoms with Crippen LogP contribution in [0.2, 0.25) is 20.1 Å². The Morgan fingerprint density at radius 3 is 1.80 bits per heavy atom. The van der Waals surface area contributed by atoms with Gasteiger partial charge in [-0.05, 0) is 41.0 Å². The predicted molar refractivity (Wildman–Crippen MR) is 126 cm³/mol. The minimum absolute atomic E-state index is 0.542. The van der Waals surface area contributed by atoms with Gasteiger partial charge in [0.25, 0.3) is 0 Å². The molecule has 30 heavy (non-hydrogen) atoms. The fraction of sp³-hybridized carbons (Fsp3) is 0.125. The summed E-state index contributed by atoms with van der Waals surface area (Å²) in [4.78, 5) is 8.41. The maximum Gasteiger partial charge on any atom is 0.111 e. The molecule has 6 heteroatoms. The molecule has 1 heterocycles. The van der Waals surface area contributed by atoms with E-state index in [2.05, 4.69) is 17.1 Å². The largest absolute Gasteiger partial charge is 0.345 e. The number of imidazole rings is 1. The average Bonchev–Trinajstić information content (AvgIpc) is 3.09. The molecule has 0 bridgehead atoms. The zero-order chi connectivity index (χ0) is 21.1. The summed E-state index contributed by atoms with van der Waals surface area (Å²) in [7, 11) is 0. The number of hydrogen-bond acceptors (Lipinski definition) is 1. The van der Waals surface area contributed by atoms with E-state index in [1.54, 1.807) is 0 Å². The highest BCUT2D eigenvalue weighted by atomic mass is 35.5. The smallest absolute Gasteiger partial charge is 0.111 e. The van der Waals surface area contributed by atoms with Crippen molar-refractivity contribution in [2.45, 2.75) is 19.3 Å². The molecule has 0 saturated heterocycles. The zero-order valence-corrected chi connectivity index (χ0v) is 19.0. The zero-order valence-electron chi connectivity index (χ0n) is 15.9. The molecule has 152 valence electrons. The van der Waals surface area contributed by atoms with Crippen LogP contribution in [0.25, 0.3) is 0 Å². The minimum atomic E-state index is 0.542. The second kappa shape index (κ2) is 9.45. The quantitative estimate of drug-likeness (QED) is 0.302. The van der Waals surface area contributed by atoms with Gasteiger partial charge in [-0.2, -0.15) is 0 Å². The van der Waals surface area contributed by atoms with Crippen LogP contribution in [0.15, 0.2) is 66.7 Å². The molecular weight excluding hydrogens is 458 g/mol. The summed E-state index contributed by atoms with van der Waals surface area (Å²) in [6.45, 7) is 0. The van der Waals surface area contributed by atoms with Crippen molar-refractivity contribution in [2.24, 2.45) is 0 Å². The van der Waals surface area contributed by atoms with Crippen molar-refractivity contribution in [3.8, 4) is 0 Å². The molecule has 0 amide bonds. The standard InChI is InChI=1S/C24H18Cl4N2/c25-18-8-6-16(10-20(18)27)12-22-23(13-17-7-9-19(26)21(28)11-17)30-24(29-22)14-15-4-2-1-3-5-15/h1-11H,12-14H2,(H,29,30). The van der Waals surface area contributed by atoms with Crippen LogP contribution in [0.3, 0.4) is 0 Å². The Morgan fingerprint density at radius 1 is 0.600 bits per heavy atom. The summed E-state index contributed by atoms with van der Waals surface area (Å²) in [5.74, 6) is 0.923. The lowest BCUT2D eigenvalue weighted by Crippen LogP contribution is -1.97. The summed E-state index contributed by atoms with van der Waals surface area (Å²) >= 11 is 24.6. The highest BCUT2D eigenvalue weighted by Crippen LogP contribution is 2.27. The van der Waals surface area contributed by atoms with E-state index in [-0.39, 0.29) is 0 Å². The highest BCUT2D eigenvalue weighted by molar-refractivity contribution is 6.42. The van der Waals surface area contributed by atoms with Gasteiger partial charge in [0.15, 0.2) is 0 Å². The van der Waals surface area contributed by atoms with E-state index >= 15 is 0 Å². The molecule has 0 atom stereocenters. The second-order valence-electron chi connectivity index (χ2n) is 7.12. The molecule has 0 saturated carbocycles. The van der Waals surface area contributed by atoms with Crippen molar-refractivity contribution in [3.05, 3.63) is 121 Å². The topological polar surface area (TPSA) is 28.7 Å². The summed E-state index contributed by atoms with van der Waals surface area (Å²) in [5.41, 5.74) is 5.34. The number of halogens is 4. The molecule has 0 radical (unpaired) electrons. The third-order valence-electron chi connectivity index (χ3n) is 4.85. The molecule has 0 aliphatic rings. The number of nitrogens with one attached hydrogen (secondary N) is 1. The molecule has 1 N–H and O–H groups in total. The molecule has 2 nitrogen and oxygen atoms in total. The first-order valence-electron chi connectivity index (χ1n) is 9.46. The van der Waals surface area contributed by atoms with Gasteiger partial charge in [-0.25, -0.2) is 4.98 Å². The van der Waals surface area contributed by atoms with Gasteiger partial charge in [0, 0.05) is 25.0 Å². The van der Waals surface area contributed by atoms with Crippen LogP contribution in [0, 0.1) is 0 Å². The molecule has 3 aromatic carbocycles. The van der Waals surface area contributed by atoms with Crippen LogP contribution in [0.4, 0.5) is 0 Å². The van der Waals surface area contributed by atoms with E-state index in [9.17, 15) is 0 Å². The summed E-state index contributed by atoms with van der Waals surface area (Å²) in [6.07, 6.45) is 2.06. The van der Waals surface area contributed by atoms with Crippen LogP contribution in [0.5, 0.6) is 0 Å². The Morgan fingerprint density at radius 2 is 1.20 bits per heavy atom. The minimum Gasteiger partial charge on any atom is -0.345 e. The fourth-order valence-corrected chi connectivity index (χ4v) is 4.01. The first-order chi connectivity index (χ1) is 14.5. The Bertz CT molecular complexity index is 1100. The van der Waals surface area contributed by atoms with E-state index in [0.29, 0.717) is 32.9 Å². The van der Waals surface area contributed by atoms with Gasteiger partial charge in [0.05, 0.1) is 25.8 Å². The third kappa shape index (κ3) is 5.19. The van der Waals surface area contributed by atoms with E-state index in [4.69, 9.17) is 51.4 Å². The highest BCUT2D eigenvalue weighted by Gasteiger charge is 2.14. The van der Waals surface area contributed by atoms with E-state index in [1.807, 2.05) is 54.6 Å². The predicted octanol–water partition coefficient (Wildman–Crippen LogP) is 7.80. The summed E-state index contributed by atoms with van der Waals surface area (Å²) in [5, 5.41) is 2.18. The monoisotopic (exact) mass is 474 g/mol. The van der Waals surface area contributed by atoms with Crippen LogP contribution >= 0.6 is 46.4 Å². The number of nitrogens with zero attached hydrogens (tertiary/aromatic N) is 1. The van der Waals surface area contributed by atoms with E-state index < -0.39 is 0 Å². The van der Waals surface area contributed by atoms with Crippen LogP contribution < -0.4 is 0 Å². The lowest BCUT2D eigenvalue weighted by molar-refractivity contribution is 0.997. The first kappa shape index (κ1) is 21.3. The van der Waals surface area contributed by atoms with Crippen molar-refractivity contribution < 1.29 is 0 Å². The van der Waals surface area contributed by atoms with Crippen LogP contribution in [0.1, 0.15) is 33.9 Å². The number of aromatic nitrogens is 2. The Labute approximate surface area is 195 Å². The molecule has 0 spiro atoms. The first-order valence-corrected chi connectivity index (χ1v) is 11.0. The van der Waals surface area contributed by atoms with E-state index in [1.165, 1.54) is 5.56 Å². The SMILES string of the molecule is Clc1ccc(Cc2nc(Cc3ccccc3)[nH]c2Cc2ccc(Cl)c(Cl)c2)cc1Cl. The van der Waals surface area contributed by atoms with Gasteiger partial charge < -0.3 is 4.98 Å². The fourth-order valence-electron chi connectivity index (χ4n) is 3.37. The van der Waals surface area contributed by atoms with Crippen molar-refractivity contribution >= 4 is 46.4 Å². The van der Waals surface area contributed by atoms with Crippen molar-refractivity contribution in [2.75, 3.05) is 0 Å². The molecule has 0 aliphatic carbocycles. The molecule has 0 unspecified atom stereocenters. The number of rotatable bonds is 6. The van der Waals surface area contributed by atoms with Crippen LogP contribution in [-0.2, 0) is 19.3 Å². The third-order valence-corrected chi connectivity index (χ3v) is 6.33. The molecule has 0 aliphatic heterocycles. The lowest BCUT2D eigenvalue weighted by atomic mass is 10.0. The Kier molecular flexibility index (Phi) is 6.70. The average molecular weight is 476 g/mol. The molecule has 1 aromatic heterocycles. The molecular formula is C24H18Cl4N2.